The van der Waals surface area contributed by atoms with Gasteiger partial charge in [-0.25, -0.2) is 0 Å². The molecule has 1 nitrogen and oxygen atoms in total. The number of ketones is 1. The van der Waals surface area contributed by atoms with Crippen LogP contribution in [0, 0.1) is 0 Å². The fourth-order valence-corrected chi connectivity index (χ4v) is 3.56. The number of halogens is 1. The number of alkyl halides is 1. The van der Waals surface area contributed by atoms with Gasteiger partial charge in [0, 0.05) is 5.56 Å². The van der Waals surface area contributed by atoms with Gasteiger partial charge < -0.3 is 0 Å². The van der Waals surface area contributed by atoms with Crippen LogP contribution in [0.1, 0.15) is 55.6 Å². The van der Waals surface area contributed by atoms with Gasteiger partial charge in [0.25, 0.3) is 0 Å². The van der Waals surface area contributed by atoms with Crippen molar-refractivity contribution in [1.29, 1.82) is 0 Å². The van der Waals surface area contributed by atoms with Gasteiger partial charge in [0.05, 0.1) is 5.33 Å². The Labute approximate surface area is 112 Å². The zero-order chi connectivity index (χ0) is 12.8. The van der Waals surface area contributed by atoms with Crippen molar-refractivity contribution in [1.82, 2.24) is 0 Å². The smallest absolute Gasteiger partial charge is 0.173 e. The summed E-state index contributed by atoms with van der Waals surface area (Å²) in [6, 6.07) is 6.19. The number of hydrogen-bond donors (Lipinski definition) is 0. The summed E-state index contributed by atoms with van der Waals surface area (Å²) in [5, 5.41) is 0.398. The van der Waals surface area contributed by atoms with Gasteiger partial charge in [0.1, 0.15) is 0 Å². The molecule has 0 atom stereocenters. The minimum atomic E-state index is 0.160. The predicted octanol–water partition coefficient (Wildman–Crippen LogP) is 4.22. The van der Waals surface area contributed by atoms with Crippen molar-refractivity contribution in [3.8, 4) is 0 Å². The van der Waals surface area contributed by atoms with E-state index in [9.17, 15) is 4.79 Å². The summed E-state index contributed by atoms with van der Waals surface area (Å²) in [5.74, 6) is 0.160. The average molecular weight is 295 g/mol. The van der Waals surface area contributed by atoms with Crippen molar-refractivity contribution in [2.24, 2.45) is 0 Å². The van der Waals surface area contributed by atoms with E-state index < -0.39 is 0 Å². The molecule has 0 amide bonds. The fraction of sp³-hybridized carbons (Fsp3) is 0.533. The van der Waals surface area contributed by atoms with Crippen LogP contribution in [0.5, 0.6) is 0 Å². The van der Waals surface area contributed by atoms with Gasteiger partial charge in [-0.3, -0.25) is 4.79 Å². The zero-order valence-corrected chi connectivity index (χ0v) is 12.5. The van der Waals surface area contributed by atoms with Gasteiger partial charge >= 0.3 is 0 Å². The van der Waals surface area contributed by atoms with Crippen LogP contribution in [-0.4, -0.2) is 11.1 Å². The molecule has 0 unspecified atom stereocenters. The summed E-state index contributed by atoms with van der Waals surface area (Å²) >= 11 is 3.23. The molecule has 2 heteroatoms. The van der Waals surface area contributed by atoms with Crippen molar-refractivity contribution >= 4 is 21.7 Å². The SMILES string of the molecule is CC1(C)CC(C)(C)c2cc(C(=O)CBr)ccc21. The van der Waals surface area contributed by atoms with E-state index in [0.717, 1.165) is 12.0 Å². The molecule has 1 aliphatic rings. The molecule has 1 aromatic rings. The number of rotatable bonds is 2. The lowest BCUT2D eigenvalue weighted by molar-refractivity contribution is 0.102. The monoisotopic (exact) mass is 294 g/mol. The molecule has 0 spiro atoms. The molecule has 1 aromatic carbocycles. The lowest BCUT2D eigenvalue weighted by Gasteiger charge is -2.22. The van der Waals surface area contributed by atoms with E-state index in [1.54, 1.807) is 0 Å². The van der Waals surface area contributed by atoms with Gasteiger partial charge in [0.2, 0.25) is 0 Å². The molecular formula is C15H19BrO. The maximum Gasteiger partial charge on any atom is 0.173 e. The first-order valence-corrected chi connectivity index (χ1v) is 7.14. The first-order valence-electron chi connectivity index (χ1n) is 6.02. The van der Waals surface area contributed by atoms with Crippen molar-refractivity contribution in [3.05, 3.63) is 34.9 Å². The van der Waals surface area contributed by atoms with E-state index >= 15 is 0 Å². The molecule has 0 radical (unpaired) electrons. The van der Waals surface area contributed by atoms with Crippen LogP contribution in [0.25, 0.3) is 0 Å². The maximum atomic E-state index is 11.7. The first kappa shape index (κ1) is 12.8. The normalized spacial score (nSPS) is 20.1. The highest BCUT2D eigenvalue weighted by Gasteiger charge is 2.41. The highest BCUT2D eigenvalue weighted by molar-refractivity contribution is 9.09. The van der Waals surface area contributed by atoms with Gasteiger partial charge in [0.15, 0.2) is 5.78 Å². The van der Waals surface area contributed by atoms with Crippen molar-refractivity contribution < 1.29 is 4.79 Å². The molecular weight excluding hydrogens is 276 g/mol. The lowest BCUT2D eigenvalue weighted by Crippen LogP contribution is -2.18. The Balaban J connectivity index is 2.57. The molecule has 0 bridgehead atoms. The van der Waals surface area contributed by atoms with Crippen LogP contribution in [0.4, 0.5) is 0 Å². The molecule has 1 aliphatic carbocycles. The third-order valence-electron chi connectivity index (χ3n) is 3.81. The summed E-state index contributed by atoms with van der Waals surface area (Å²) in [6.45, 7) is 9.10. The molecule has 2 rings (SSSR count). The highest BCUT2D eigenvalue weighted by atomic mass is 79.9. The predicted molar refractivity (Wildman–Crippen MR) is 75.2 cm³/mol. The first-order chi connectivity index (χ1) is 7.78. The third-order valence-corrected chi connectivity index (χ3v) is 4.31. The van der Waals surface area contributed by atoms with E-state index in [0.29, 0.717) is 5.33 Å². The fourth-order valence-electron chi connectivity index (χ4n) is 3.24. The van der Waals surface area contributed by atoms with Crippen LogP contribution >= 0.6 is 15.9 Å². The zero-order valence-electron chi connectivity index (χ0n) is 10.9. The van der Waals surface area contributed by atoms with E-state index in [4.69, 9.17) is 0 Å². The highest BCUT2D eigenvalue weighted by Crippen LogP contribution is 2.49. The van der Waals surface area contributed by atoms with Gasteiger partial charge in [-0.2, -0.15) is 0 Å². The van der Waals surface area contributed by atoms with E-state index in [1.807, 2.05) is 6.07 Å². The number of carbonyl (C=O) groups excluding carboxylic acids is 1. The number of Topliss-reactive ketones (excluding diaryl/α,β-unsaturated/α-hetero) is 1. The number of carbonyl (C=O) groups is 1. The Bertz CT molecular complexity index is 472. The van der Waals surface area contributed by atoms with Crippen LogP contribution in [0.3, 0.4) is 0 Å². The van der Waals surface area contributed by atoms with Crippen molar-refractivity contribution in [2.45, 2.75) is 44.9 Å². The molecule has 0 saturated heterocycles. The minimum Gasteiger partial charge on any atom is -0.293 e. The molecule has 0 N–H and O–H groups in total. The maximum absolute atomic E-state index is 11.7. The van der Waals surface area contributed by atoms with Crippen LogP contribution in [0.15, 0.2) is 18.2 Å². The standard InChI is InChI=1S/C15H19BrO/c1-14(2)9-15(3,4)12-7-10(13(17)8-16)5-6-11(12)14/h5-7H,8-9H2,1-4H3. The summed E-state index contributed by atoms with van der Waals surface area (Å²) in [6.07, 6.45) is 1.14. The third kappa shape index (κ3) is 2.08. The van der Waals surface area contributed by atoms with E-state index in [-0.39, 0.29) is 16.6 Å². The van der Waals surface area contributed by atoms with Crippen molar-refractivity contribution in [3.63, 3.8) is 0 Å². The van der Waals surface area contributed by atoms with E-state index in [1.165, 1.54) is 11.1 Å². The van der Waals surface area contributed by atoms with Gasteiger partial charge in [-0.05, 0) is 34.4 Å². The summed E-state index contributed by atoms with van der Waals surface area (Å²) in [7, 11) is 0. The van der Waals surface area contributed by atoms with Crippen LogP contribution < -0.4 is 0 Å². The molecule has 0 fully saturated rings. The Morgan fingerprint density at radius 1 is 1.18 bits per heavy atom. The molecule has 92 valence electrons. The quantitative estimate of drug-likeness (QED) is 0.589. The second-order valence-corrected chi connectivity index (χ2v) is 6.82. The molecule has 0 aliphatic heterocycles. The molecule has 0 aromatic heterocycles. The Hall–Kier alpha value is -0.630. The number of hydrogen-bond acceptors (Lipinski definition) is 1. The topological polar surface area (TPSA) is 17.1 Å². The molecule has 17 heavy (non-hydrogen) atoms. The number of fused-ring (bicyclic) bond motifs is 1. The lowest BCUT2D eigenvalue weighted by atomic mass is 9.82. The average Bonchev–Trinajstić information content (AvgIpc) is 2.43. The number of benzene rings is 1. The summed E-state index contributed by atoms with van der Waals surface area (Å²) in [4.78, 5) is 11.7. The van der Waals surface area contributed by atoms with Crippen LogP contribution in [-0.2, 0) is 10.8 Å². The van der Waals surface area contributed by atoms with E-state index in [2.05, 4.69) is 55.8 Å². The Morgan fingerprint density at radius 2 is 1.76 bits per heavy atom. The van der Waals surface area contributed by atoms with Crippen LogP contribution in [0.2, 0.25) is 0 Å². The second kappa shape index (κ2) is 3.94. The van der Waals surface area contributed by atoms with Crippen molar-refractivity contribution in [2.75, 3.05) is 5.33 Å². The van der Waals surface area contributed by atoms with Gasteiger partial charge in [-0.1, -0.05) is 55.8 Å². The largest absolute Gasteiger partial charge is 0.293 e. The van der Waals surface area contributed by atoms with Gasteiger partial charge in [-0.15, -0.1) is 0 Å². The molecule has 0 saturated carbocycles. The molecule has 0 heterocycles. The Morgan fingerprint density at radius 3 is 2.35 bits per heavy atom. The summed E-state index contributed by atoms with van der Waals surface area (Å²) in [5.41, 5.74) is 3.95. The summed E-state index contributed by atoms with van der Waals surface area (Å²) < 4.78 is 0. The Kier molecular flexibility index (Phi) is 2.97. The minimum absolute atomic E-state index is 0.160. The second-order valence-electron chi connectivity index (χ2n) is 6.26.